The summed E-state index contributed by atoms with van der Waals surface area (Å²) in [5.74, 6) is 0. The molecule has 530 valence electrons. The fourth-order valence-corrected chi connectivity index (χ4v) is 20.3. The molecule has 0 fully saturated rings. The van der Waals surface area contributed by atoms with Crippen molar-refractivity contribution in [2.75, 3.05) is 9.80 Å². The number of hydrogen-bond acceptors (Lipinski definition) is 4. The molecule has 2 spiro atoms. The Balaban J connectivity index is 0.642. The number of furan rings is 2. The minimum Gasteiger partial charge on any atom is -0.455 e. The number of anilines is 6. The smallest absolute Gasteiger partial charge is 0.143 e. The fourth-order valence-electron chi connectivity index (χ4n) is 20.3. The van der Waals surface area contributed by atoms with E-state index in [-0.39, 0.29) is 0 Å². The van der Waals surface area contributed by atoms with E-state index in [9.17, 15) is 0 Å². The number of rotatable bonds is 11. The maximum Gasteiger partial charge on any atom is 0.143 e. The molecular formula is C110H68N2O2. The molecule has 0 aliphatic heterocycles. The lowest BCUT2D eigenvalue weighted by atomic mass is 9.70. The molecule has 0 saturated carbocycles. The van der Waals surface area contributed by atoms with Crippen LogP contribution in [0, 0.1) is 0 Å². The van der Waals surface area contributed by atoms with Crippen molar-refractivity contribution in [2.45, 2.75) is 10.8 Å². The van der Waals surface area contributed by atoms with Gasteiger partial charge in [-0.25, -0.2) is 0 Å². The highest BCUT2D eigenvalue weighted by atomic mass is 16.3. The Morgan fingerprint density at radius 1 is 0.167 bits per heavy atom. The zero-order valence-electron chi connectivity index (χ0n) is 62.0. The predicted molar refractivity (Wildman–Crippen MR) is 470 cm³/mol. The largest absolute Gasteiger partial charge is 0.455 e. The predicted octanol–water partition coefficient (Wildman–Crippen LogP) is 29.4. The molecule has 0 bridgehead atoms. The van der Waals surface area contributed by atoms with Crippen molar-refractivity contribution in [2.24, 2.45) is 0 Å². The van der Waals surface area contributed by atoms with Crippen LogP contribution in [0.15, 0.2) is 421 Å². The zero-order chi connectivity index (χ0) is 74.7. The van der Waals surface area contributed by atoms with Crippen LogP contribution in [-0.2, 0) is 10.8 Å². The Bertz CT molecular complexity index is 7310. The van der Waals surface area contributed by atoms with Gasteiger partial charge in [-0.05, 0) is 219 Å². The minimum atomic E-state index is -0.664. The standard InChI is InChI=1S/C110H68N2O2/c1-2-24-69(25-3-1)81-30-9-17-47-104(81)112(77-57-52-71(53-58-77)83-39-23-41-95-93-37-11-19-49-106(93)114-108(83)95)80-60-63-91-88-35-8-16-46-100(88)110(103(91)68-80)99-45-15-7-33-86(99)89-61-54-75(66-101(89)110)73-27-20-26-72(64-73)74-28-21-29-78(65-74)111(76-55-50-70(51-56-76)82-38-22-40-94-92-36-10-18-48-105(92)113-107(82)94)79-59-62-90-87-34-6-14-44-98(87)109(102(90)67-79)96-42-12-4-31-84(96)85-32-5-13-43-97(85)109/h1-68H. The molecule has 4 aliphatic rings. The molecule has 20 aromatic rings. The molecule has 2 aromatic heterocycles. The van der Waals surface area contributed by atoms with E-state index in [0.717, 1.165) is 134 Å². The lowest BCUT2D eigenvalue weighted by Crippen LogP contribution is -2.26. The Hall–Kier alpha value is -14.8. The second kappa shape index (κ2) is 24.8. The van der Waals surface area contributed by atoms with Crippen molar-refractivity contribution in [3.05, 3.63) is 457 Å². The normalized spacial score (nSPS) is 14.1. The van der Waals surface area contributed by atoms with Crippen LogP contribution in [0.1, 0.15) is 44.5 Å². The van der Waals surface area contributed by atoms with Gasteiger partial charge in [-0.3, -0.25) is 0 Å². The number of hydrogen-bond donors (Lipinski definition) is 0. The van der Waals surface area contributed by atoms with Gasteiger partial charge in [-0.1, -0.05) is 322 Å². The third-order valence-electron chi connectivity index (χ3n) is 25.1. The molecule has 0 amide bonds. The summed E-state index contributed by atoms with van der Waals surface area (Å²) in [6.45, 7) is 0. The van der Waals surface area contributed by atoms with Crippen LogP contribution in [0.5, 0.6) is 0 Å². The summed E-state index contributed by atoms with van der Waals surface area (Å²) in [6, 6.07) is 153. The van der Waals surface area contributed by atoms with E-state index >= 15 is 0 Å². The van der Waals surface area contributed by atoms with Crippen molar-refractivity contribution >= 4 is 78.0 Å². The number of benzene rings is 18. The Morgan fingerprint density at radius 3 is 0.982 bits per heavy atom. The first-order valence-electron chi connectivity index (χ1n) is 39.4. The highest BCUT2D eigenvalue weighted by molar-refractivity contribution is 6.11. The van der Waals surface area contributed by atoms with Crippen LogP contribution in [0.3, 0.4) is 0 Å². The molecule has 0 radical (unpaired) electrons. The molecule has 1 atom stereocenters. The van der Waals surface area contributed by atoms with Crippen LogP contribution in [-0.4, -0.2) is 0 Å². The molecule has 18 aromatic carbocycles. The van der Waals surface area contributed by atoms with Crippen LogP contribution >= 0.6 is 0 Å². The summed E-state index contributed by atoms with van der Waals surface area (Å²) in [7, 11) is 0. The third kappa shape index (κ3) is 9.22. The van der Waals surface area contributed by atoms with Crippen molar-refractivity contribution < 1.29 is 8.83 Å². The number of fused-ring (bicyclic) bond motifs is 26. The highest BCUT2D eigenvalue weighted by Gasteiger charge is 2.54. The maximum atomic E-state index is 6.65. The van der Waals surface area contributed by atoms with E-state index in [1.807, 2.05) is 12.1 Å². The van der Waals surface area contributed by atoms with Crippen molar-refractivity contribution in [1.82, 2.24) is 0 Å². The van der Waals surface area contributed by atoms with Gasteiger partial charge in [0, 0.05) is 66.7 Å². The van der Waals surface area contributed by atoms with Crippen molar-refractivity contribution in [3.8, 4) is 100 Å². The van der Waals surface area contributed by atoms with E-state index in [1.54, 1.807) is 0 Å². The average molecular weight is 1450 g/mol. The van der Waals surface area contributed by atoms with Crippen LogP contribution in [0.4, 0.5) is 34.1 Å². The molecule has 1 unspecified atom stereocenters. The molecular weight excluding hydrogens is 1380 g/mol. The molecule has 114 heavy (non-hydrogen) atoms. The lowest BCUT2D eigenvalue weighted by Gasteiger charge is -2.33. The first-order chi connectivity index (χ1) is 56.5. The van der Waals surface area contributed by atoms with Gasteiger partial charge in [-0.2, -0.15) is 0 Å². The monoisotopic (exact) mass is 1450 g/mol. The van der Waals surface area contributed by atoms with Gasteiger partial charge in [0.05, 0.1) is 16.5 Å². The minimum absolute atomic E-state index is 0.522. The van der Waals surface area contributed by atoms with Gasteiger partial charge >= 0.3 is 0 Å². The second-order valence-corrected chi connectivity index (χ2v) is 30.8. The Morgan fingerprint density at radius 2 is 0.474 bits per heavy atom. The van der Waals surface area contributed by atoms with Crippen LogP contribution in [0.25, 0.3) is 144 Å². The van der Waals surface area contributed by atoms with E-state index in [0.29, 0.717) is 0 Å². The molecule has 0 N–H and O–H groups in total. The fraction of sp³-hybridized carbons (Fsp3) is 0.0182. The van der Waals surface area contributed by atoms with Crippen molar-refractivity contribution in [3.63, 3.8) is 0 Å². The molecule has 0 saturated heterocycles. The quantitative estimate of drug-likeness (QED) is 0.129. The second-order valence-electron chi connectivity index (χ2n) is 30.8. The summed E-state index contributed by atoms with van der Waals surface area (Å²) in [6.07, 6.45) is 0. The van der Waals surface area contributed by atoms with Gasteiger partial charge in [0.2, 0.25) is 0 Å². The van der Waals surface area contributed by atoms with Crippen LogP contribution in [0.2, 0.25) is 0 Å². The van der Waals surface area contributed by atoms with E-state index in [2.05, 4.69) is 410 Å². The van der Waals surface area contributed by atoms with Gasteiger partial charge in [0.1, 0.15) is 22.3 Å². The molecule has 4 nitrogen and oxygen atoms in total. The first kappa shape index (κ1) is 64.0. The summed E-state index contributed by atoms with van der Waals surface area (Å²) in [5, 5.41) is 4.46. The summed E-state index contributed by atoms with van der Waals surface area (Å²) in [4.78, 5) is 4.93. The van der Waals surface area contributed by atoms with Gasteiger partial charge in [0.25, 0.3) is 0 Å². The third-order valence-corrected chi connectivity index (χ3v) is 25.1. The zero-order valence-corrected chi connectivity index (χ0v) is 62.0. The Kier molecular flexibility index (Phi) is 13.9. The number of para-hydroxylation sites is 5. The van der Waals surface area contributed by atoms with Crippen LogP contribution < -0.4 is 9.80 Å². The van der Waals surface area contributed by atoms with Gasteiger partial charge < -0.3 is 18.6 Å². The lowest BCUT2D eigenvalue weighted by molar-refractivity contribution is 0.669. The van der Waals surface area contributed by atoms with Gasteiger partial charge in [-0.15, -0.1) is 0 Å². The SMILES string of the molecule is c1ccc(-c2ccccc2N(c2ccc(-c3cccc4c3oc3ccccc34)cc2)c2ccc3c(c2)C2(c4ccccc4-c4ccc(-c5cccc(-c6cccc(N(c7ccc(-c8cccc9c8oc8ccccc89)cc7)c7ccc8c(c7)C7(c9ccccc9-c9ccccc97)c7ccccc7-8)c6)c5)cc42)c2ccccc2-3)cc1. The van der Waals surface area contributed by atoms with E-state index < -0.39 is 10.8 Å². The summed E-state index contributed by atoms with van der Waals surface area (Å²) < 4.78 is 13.3. The first-order valence-corrected chi connectivity index (χ1v) is 39.4. The molecule has 24 rings (SSSR count). The van der Waals surface area contributed by atoms with Gasteiger partial charge in [0.15, 0.2) is 0 Å². The van der Waals surface area contributed by atoms with Crippen molar-refractivity contribution in [1.29, 1.82) is 0 Å². The average Bonchev–Trinajstić information content (AvgIpc) is 1.51. The number of nitrogens with zero attached hydrogens (tertiary/aromatic N) is 2. The molecule has 2 heterocycles. The topological polar surface area (TPSA) is 32.8 Å². The Labute approximate surface area is 660 Å². The van der Waals surface area contributed by atoms with E-state index in [4.69, 9.17) is 8.83 Å². The highest BCUT2D eigenvalue weighted by Crippen LogP contribution is 2.66. The van der Waals surface area contributed by atoms with E-state index in [1.165, 1.54) is 89.0 Å². The maximum absolute atomic E-state index is 6.65. The molecule has 4 aliphatic carbocycles. The summed E-state index contributed by atoms with van der Waals surface area (Å²) >= 11 is 0. The molecule has 4 heteroatoms. The summed E-state index contributed by atoms with van der Waals surface area (Å²) in [5.41, 5.74) is 40.3.